The zero-order valence-corrected chi connectivity index (χ0v) is 14.8. The molecule has 0 aliphatic heterocycles. The van der Waals surface area contributed by atoms with Crippen LogP contribution in [-0.2, 0) is 6.42 Å². The molecule has 2 rings (SSSR count). The third kappa shape index (κ3) is 5.31. The summed E-state index contributed by atoms with van der Waals surface area (Å²) in [6, 6.07) is 17.2. The lowest BCUT2D eigenvalue weighted by molar-refractivity contribution is 0.341. The monoisotopic (exact) mass is 311 g/mol. The lowest BCUT2D eigenvalue weighted by Gasteiger charge is -2.17. The van der Waals surface area contributed by atoms with Gasteiger partial charge in [-0.15, -0.1) is 0 Å². The SMILES string of the molecule is CCOc1ccccc1NCC(C)c1ccc(CC(C)C)cc1. The average Bonchev–Trinajstić information content (AvgIpc) is 2.54. The molecular formula is C21H29NO. The van der Waals surface area contributed by atoms with Gasteiger partial charge in [-0.1, -0.05) is 57.2 Å². The summed E-state index contributed by atoms with van der Waals surface area (Å²) in [7, 11) is 0. The maximum absolute atomic E-state index is 5.67. The Labute approximate surface area is 140 Å². The third-order valence-electron chi connectivity index (χ3n) is 3.98. The lowest BCUT2D eigenvalue weighted by atomic mass is 9.96. The van der Waals surface area contributed by atoms with Gasteiger partial charge < -0.3 is 10.1 Å². The molecule has 2 nitrogen and oxygen atoms in total. The molecule has 0 saturated heterocycles. The van der Waals surface area contributed by atoms with Crippen molar-refractivity contribution in [2.45, 2.75) is 40.0 Å². The fraction of sp³-hybridized carbons (Fsp3) is 0.429. The zero-order valence-electron chi connectivity index (χ0n) is 14.8. The summed E-state index contributed by atoms with van der Waals surface area (Å²) in [4.78, 5) is 0. The van der Waals surface area contributed by atoms with Crippen molar-refractivity contribution in [3.05, 3.63) is 59.7 Å². The molecule has 0 spiro atoms. The summed E-state index contributed by atoms with van der Waals surface area (Å²) < 4.78 is 5.67. The number of hydrogen-bond donors (Lipinski definition) is 1. The van der Waals surface area contributed by atoms with Crippen molar-refractivity contribution >= 4 is 5.69 Å². The van der Waals surface area contributed by atoms with Gasteiger partial charge in [0.15, 0.2) is 0 Å². The van der Waals surface area contributed by atoms with E-state index < -0.39 is 0 Å². The lowest BCUT2D eigenvalue weighted by Crippen LogP contribution is -2.11. The van der Waals surface area contributed by atoms with Crippen molar-refractivity contribution in [2.24, 2.45) is 5.92 Å². The van der Waals surface area contributed by atoms with Gasteiger partial charge in [0.05, 0.1) is 12.3 Å². The minimum absolute atomic E-state index is 0.456. The fourth-order valence-corrected chi connectivity index (χ4v) is 2.73. The Morgan fingerprint density at radius 1 is 0.957 bits per heavy atom. The highest BCUT2D eigenvalue weighted by atomic mass is 16.5. The number of ether oxygens (including phenoxy) is 1. The highest BCUT2D eigenvalue weighted by molar-refractivity contribution is 5.56. The quantitative estimate of drug-likeness (QED) is 0.695. The fourth-order valence-electron chi connectivity index (χ4n) is 2.73. The van der Waals surface area contributed by atoms with E-state index in [2.05, 4.69) is 56.4 Å². The minimum atomic E-state index is 0.456. The predicted octanol–water partition coefficient (Wildman–Crippen LogP) is 5.50. The van der Waals surface area contributed by atoms with Gasteiger partial charge in [0, 0.05) is 6.54 Å². The number of benzene rings is 2. The van der Waals surface area contributed by atoms with Gasteiger partial charge in [0.25, 0.3) is 0 Å². The van der Waals surface area contributed by atoms with E-state index in [4.69, 9.17) is 4.74 Å². The smallest absolute Gasteiger partial charge is 0.142 e. The Morgan fingerprint density at radius 3 is 2.30 bits per heavy atom. The van der Waals surface area contributed by atoms with Crippen LogP contribution in [0.4, 0.5) is 5.69 Å². The summed E-state index contributed by atoms with van der Waals surface area (Å²) in [5.74, 6) is 2.09. The number of hydrogen-bond acceptors (Lipinski definition) is 2. The molecule has 2 heteroatoms. The molecule has 0 aliphatic carbocycles. The first-order valence-electron chi connectivity index (χ1n) is 8.64. The molecule has 0 bridgehead atoms. The molecular weight excluding hydrogens is 282 g/mol. The maximum atomic E-state index is 5.67. The largest absolute Gasteiger partial charge is 0.492 e. The highest BCUT2D eigenvalue weighted by Gasteiger charge is 2.08. The van der Waals surface area contributed by atoms with Crippen molar-refractivity contribution in [1.29, 1.82) is 0 Å². The number of rotatable bonds is 8. The molecule has 2 aromatic carbocycles. The van der Waals surface area contributed by atoms with E-state index in [1.807, 2.05) is 25.1 Å². The Hall–Kier alpha value is -1.96. The summed E-state index contributed by atoms with van der Waals surface area (Å²) in [5, 5.41) is 3.52. The van der Waals surface area contributed by atoms with Gasteiger partial charge in [0.2, 0.25) is 0 Å². The molecule has 0 heterocycles. The average molecular weight is 311 g/mol. The molecule has 0 amide bonds. The first-order valence-corrected chi connectivity index (χ1v) is 8.64. The van der Waals surface area contributed by atoms with Crippen LogP contribution in [0.2, 0.25) is 0 Å². The molecule has 1 N–H and O–H groups in total. The van der Waals surface area contributed by atoms with E-state index in [0.717, 1.165) is 24.4 Å². The Balaban J connectivity index is 1.95. The van der Waals surface area contributed by atoms with Crippen molar-refractivity contribution in [2.75, 3.05) is 18.5 Å². The van der Waals surface area contributed by atoms with E-state index in [0.29, 0.717) is 18.4 Å². The summed E-state index contributed by atoms with van der Waals surface area (Å²) in [6.07, 6.45) is 1.15. The van der Waals surface area contributed by atoms with Crippen molar-refractivity contribution in [3.8, 4) is 5.75 Å². The van der Waals surface area contributed by atoms with E-state index in [1.54, 1.807) is 0 Å². The molecule has 1 atom stereocenters. The standard InChI is InChI=1S/C21H29NO/c1-5-23-21-9-7-6-8-20(21)22-15-17(4)19-12-10-18(11-13-19)14-16(2)3/h6-13,16-17,22H,5,14-15H2,1-4H3. The van der Waals surface area contributed by atoms with Crippen LogP contribution in [-0.4, -0.2) is 13.2 Å². The number of para-hydroxylation sites is 2. The van der Waals surface area contributed by atoms with Crippen LogP contribution >= 0.6 is 0 Å². The van der Waals surface area contributed by atoms with Crippen LogP contribution in [0.5, 0.6) is 5.75 Å². The molecule has 0 aliphatic rings. The Bertz CT molecular complexity index is 589. The van der Waals surface area contributed by atoms with Crippen LogP contribution in [0, 0.1) is 5.92 Å². The van der Waals surface area contributed by atoms with Gasteiger partial charge in [-0.2, -0.15) is 0 Å². The zero-order chi connectivity index (χ0) is 16.7. The highest BCUT2D eigenvalue weighted by Crippen LogP contribution is 2.25. The second kappa shape index (κ2) is 8.61. The first kappa shape index (κ1) is 17.4. The summed E-state index contributed by atoms with van der Waals surface area (Å²) >= 11 is 0. The topological polar surface area (TPSA) is 21.3 Å². The molecule has 124 valence electrons. The summed E-state index contributed by atoms with van der Waals surface area (Å²) in [6.45, 7) is 10.4. The van der Waals surface area contributed by atoms with Crippen molar-refractivity contribution in [3.63, 3.8) is 0 Å². The molecule has 0 fully saturated rings. The first-order chi connectivity index (χ1) is 11.1. The van der Waals surface area contributed by atoms with E-state index in [9.17, 15) is 0 Å². The van der Waals surface area contributed by atoms with Crippen LogP contribution in [0.25, 0.3) is 0 Å². The third-order valence-corrected chi connectivity index (χ3v) is 3.98. The van der Waals surface area contributed by atoms with Crippen LogP contribution < -0.4 is 10.1 Å². The van der Waals surface area contributed by atoms with Crippen LogP contribution in [0.3, 0.4) is 0 Å². The van der Waals surface area contributed by atoms with Crippen LogP contribution in [0.15, 0.2) is 48.5 Å². The van der Waals surface area contributed by atoms with E-state index in [1.165, 1.54) is 11.1 Å². The van der Waals surface area contributed by atoms with Gasteiger partial charge >= 0.3 is 0 Å². The molecule has 2 aromatic rings. The molecule has 0 saturated carbocycles. The minimum Gasteiger partial charge on any atom is -0.492 e. The molecule has 1 unspecified atom stereocenters. The predicted molar refractivity (Wildman–Crippen MR) is 99.5 cm³/mol. The van der Waals surface area contributed by atoms with Gasteiger partial charge in [-0.25, -0.2) is 0 Å². The van der Waals surface area contributed by atoms with Gasteiger partial charge in [-0.05, 0) is 48.4 Å². The summed E-state index contributed by atoms with van der Waals surface area (Å²) in [5.41, 5.74) is 3.86. The van der Waals surface area contributed by atoms with Crippen molar-refractivity contribution < 1.29 is 4.74 Å². The van der Waals surface area contributed by atoms with Gasteiger partial charge in [0.1, 0.15) is 5.75 Å². The van der Waals surface area contributed by atoms with E-state index in [-0.39, 0.29) is 0 Å². The molecule has 23 heavy (non-hydrogen) atoms. The molecule has 0 radical (unpaired) electrons. The van der Waals surface area contributed by atoms with Crippen LogP contribution in [0.1, 0.15) is 44.7 Å². The normalized spacial score (nSPS) is 12.2. The Morgan fingerprint density at radius 2 is 1.65 bits per heavy atom. The van der Waals surface area contributed by atoms with Gasteiger partial charge in [-0.3, -0.25) is 0 Å². The van der Waals surface area contributed by atoms with E-state index >= 15 is 0 Å². The van der Waals surface area contributed by atoms with Crippen molar-refractivity contribution in [1.82, 2.24) is 0 Å². The number of anilines is 1. The Kier molecular flexibility index (Phi) is 6.52. The maximum Gasteiger partial charge on any atom is 0.142 e. The second-order valence-corrected chi connectivity index (χ2v) is 6.55. The number of nitrogens with one attached hydrogen (secondary N) is 1. The second-order valence-electron chi connectivity index (χ2n) is 6.55. The molecule has 0 aromatic heterocycles.